The second-order valence-corrected chi connectivity index (χ2v) is 12.3. The number of piperazine rings is 1. The van der Waals surface area contributed by atoms with Gasteiger partial charge in [-0.25, -0.2) is 13.4 Å². The number of likely N-dealkylation sites (N-methyl/N-ethyl adjacent to an activating group) is 1. The zero-order valence-electron chi connectivity index (χ0n) is 23.3. The molecule has 3 amide bonds. The number of benzodiazepines with no additional fused rings is 1. The first-order chi connectivity index (χ1) is 20.7. The van der Waals surface area contributed by atoms with E-state index in [1.54, 1.807) is 25.2 Å². The molecule has 4 aromatic rings. The van der Waals surface area contributed by atoms with Crippen molar-refractivity contribution in [3.05, 3.63) is 108 Å². The molecule has 2 aliphatic rings. The van der Waals surface area contributed by atoms with Gasteiger partial charge < -0.3 is 15.5 Å². The summed E-state index contributed by atoms with van der Waals surface area (Å²) in [5.74, 6) is -1.74. The lowest BCUT2D eigenvalue weighted by molar-refractivity contribution is -0.132. The molecule has 2 N–H and O–H groups in total. The second kappa shape index (κ2) is 11.4. The Hall–Kier alpha value is -4.87. The van der Waals surface area contributed by atoms with Crippen molar-refractivity contribution >= 4 is 49.9 Å². The number of nitrogens with one attached hydrogen (secondary N) is 2. The highest BCUT2D eigenvalue weighted by Gasteiger charge is 2.40. The van der Waals surface area contributed by atoms with Gasteiger partial charge >= 0.3 is 0 Å². The number of sulfonamides is 1. The highest BCUT2D eigenvalue weighted by Crippen LogP contribution is 2.28. The van der Waals surface area contributed by atoms with Crippen LogP contribution in [0.4, 0.5) is 5.69 Å². The standard InChI is InChI=1S/C32H29N5O5S/c1-36-26-14-8-7-13-25(26)29(22-10-3-2-4-11-22)35-30(32(36)40)34-28(38)20-27-31(39)33-17-18-37(27)43(41,42)24-16-15-21-9-5-6-12-23(21)19-24/h2-16,19,27,30H,17-18,20H2,1H3,(H,33,39)(H,34,38). The number of aliphatic imine (C=N–C) groups is 1. The normalized spacial score (nSPS) is 19.3. The Bertz CT molecular complexity index is 1880. The Balaban J connectivity index is 1.29. The molecule has 218 valence electrons. The van der Waals surface area contributed by atoms with Crippen LogP contribution in [0.2, 0.25) is 0 Å². The van der Waals surface area contributed by atoms with Crippen molar-refractivity contribution in [2.24, 2.45) is 4.99 Å². The Labute approximate surface area is 249 Å². The summed E-state index contributed by atoms with van der Waals surface area (Å²) in [6.07, 6.45) is -1.78. The van der Waals surface area contributed by atoms with Gasteiger partial charge in [-0.05, 0) is 29.0 Å². The van der Waals surface area contributed by atoms with Gasteiger partial charge in [0.1, 0.15) is 6.04 Å². The first kappa shape index (κ1) is 28.3. The molecule has 0 radical (unpaired) electrons. The highest BCUT2D eigenvalue weighted by molar-refractivity contribution is 7.89. The zero-order valence-corrected chi connectivity index (χ0v) is 24.1. The number of benzene rings is 4. The molecular weight excluding hydrogens is 566 g/mol. The molecule has 10 nitrogen and oxygen atoms in total. The van der Waals surface area contributed by atoms with E-state index in [-0.39, 0.29) is 18.0 Å². The van der Waals surface area contributed by atoms with Crippen LogP contribution in [-0.4, -0.2) is 68.5 Å². The number of nitrogens with zero attached hydrogens (tertiary/aromatic N) is 3. The van der Waals surface area contributed by atoms with Crippen LogP contribution < -0.4 is 15.5 Å². The second-order valence-electron chi connectivity index (χ2n) is 10.4. The number of rotatable bonds is 6. The molecule has 11 heteroatoms. The number of hydrogen-bond donors (Lipinski definition) is 2. The van der Waals surface area contributed by atoms with Crippen molar-refractivity contribution in [2.75, 3.05) is 25.0 Å². The van der Waals surface area contributed by atoms with E-state index in [0.717, 1.165) is 26.2 Å². The minimum absolute atomic E-state index is 0.00440. The topological polar surface area (TPSA) is 128 Å². The van der Waals surface area contributed by atoms with E-state index in [0.29, 0.717) is 11.4 Å². The fourth-order valence-corrected chi connectivity index (χ4v) is 7.09. The van der Waals surface area contributed by atoms with E-state index in [1.165, 1.54) is 11.0 Å². The molecule has 1 saturated heterocycles. The van der Waals surface area contributed by atoms with Gasteiger partial charge in [0.15, 0.2) is 0 Å². The SMILES string of the molecule is CN1C(=O)C(NC(=O)CC2C(=O)NCCN2S(=O)(=O)c2ccc3ccccc3c2)N=C(c2ccccc2)c2ccccc21. The third-order valence-corrected chi connectivity index (χ3v) is 9.58. The van der Waals surface area contributed by atoms with Crippen LogP contribution in [0.25, 0.3) is 10.8 Å². The van der Waals surface area contributed by atoms with E-state index in [4.69, 9.17) is 0 Å². The first-order valence-electron chi connectivity index (χ1n) is 13.8. The van der Waals surface area contributed by atoms with E-state index in [9.17, 15) is 22.8 Å². The van der Waals surface area contributed by atoms with Crippen molar-refractivity contribution in [3.63, 3.8) is 0 Å². The van der Waals surface area contributed by atoms with E-state index < -0.39 is 46.4 Å². The summed E-state index contributed by atoms with van der Waals surface area (Å²) in [4.78, 5) is 46.1. The fraction of sp³-hybridized carbons (Fsp3) is 0.188. The summed E-state index contributed by atoms with van der Waals surface area (Å²) in [5, 5.41) is 6.94. The third-order valence-electron chi connectivity index (χ3n) is 7.68. The molecule has 0 spiro atoms. The maximum absolute atomic E-state index is 13.8. The molecule has 6 rings (SSSR count). The molecule has 1 fully saturated rings. The summed E-state index contributed by atoms with van der Waals surface area (Å²) in [6.45, 7) is 0.105. The third kappa shape index (κ3) is 5.40. The van der Waals surface area contributed by atoms with E-state index in [1.807, 2.05) is 72.8 Å². The quantitative estimate of drug-likeness (QED) is 0.354. The molecular formula is C32H29N5O5S. The molecule has 4 aromatic carbocycles. The van der Waals surface area contributed by atoms with Crippen LogP contribution in [0.3, 0.4) is 0 Å². The van der Waals surface area contributed by atoms with Gasteiger partial charge in [-0.2, -0.15) is 4.31 Å². The van der Waals surface area contributed by atoms with Crippen molar-refractivity contribution in [1.82, 2.24) is 14.9 Å². The van der Waals surface area contributed by atoms with Crippen molar-refractivity contribution in [1.29, 1.82) is 0 Å². The smallest absolute Gasteiger partial charge is 0.272 e. The van der Waals surface area contributed by atoms with Gasteiger partial charge in [0.05, 0.1) is 22.7 Å². The number of amides is 3. The average molecular weight is 596 g/mol. The molecule has 0 aromatic heterocycles. The summed E-state index contributed by atoms with van der Waals surface area (Å²) in [7, 11) is -2.52. The van der Waals surface area contributed by atoms with Gasteiger partial charge in [0, 0.05) is 31.3 Å². The van der Waals surface area contributed by atoms with Crippen molar-refractivity contribution in [2.45, 2.75) is 23.5 Å². The van der Waals surface area contributed by atoms with Crippen LogP contribution in [0.15, 0.2) is 107 Å². The van der Waals surface area contributed by atoms with Crippen molar-refractivity contribution < 1.29 is 22.8 Å². The Morgan fingerprint density at radius 2 is 1.63 bits per heavy atom. The van der Waals surface area contributed by atoms with E-state index >= 15 is 0 Å². The number of carbonyl (C=O) groups is 3. The van der Waals surface area contributed by atoms with Crippen LogP contribution >= 0.6 is 0 Å². The molecule has 2 unspecified atom stereocenters. The Morgan fingerprint density at radius 1 is 0.930 bits per heavy atom. The van der Waals surface area contributed by atoms with Gasteiger partial charge in [-0.3, -0.25) is 14.4 Å². The molecule has 0 aliphatic carbocycles. The van der Waals surface area contributed by atoms with Gasteiger partial charge in [-0.1, -0.05) is 78.9 Å². The predicted molar refractivity (Wildman–Crippen MR) is 163 cm³/mol. The lowest BCUT2D eigenvalue weighted by Gasteiger charge is -2.34. The minimum Gasteiger partial charge on any atom is -0.353 e. The average Bonchev–Trinajstić information content (AvgIpc) is 3.12. The first-order valence-corrected chi connectivity index (χ1v) is 15.3. The molecule has 0 saturated carbocycles. The maximum atomic E-state index is 13.8. The van der Waals surface area contributed by atoms with E-state index in [2.05, 4.69) is 15.6 Å². The largest absolute Gasteiger partial charge is 0.353 e. The number of anilines is 1. The molecule has 2 atom stereocenters. The summed E-state index contributed by atoms with van der Waals surface area (Å²) < 4.78 is 28.6. The monoisotopic (exact) mass is 595 g/mol. The van der Waals surface area contributed by atoms with Gasteiger partial charge in [0.2, 0.25) is 28.0 Å². The van der Waals surface area contributed by atoms with Crippen LogP contribution in [-0.2, 0) is 24.4 Å². The molecule has 2 heterocycles. The summed E-state index contributed by atoms with van der Waals surface area (Å²) in [6, 6.07) is 27.5. The van der Waals surface area contributed by atoms with Gasteiger partial charge in [-0.15, -0.1) is 0 Å². The lowest BCUT2D eigenvalue weighted by Crippen LogP contribution is -2.58. The highest BCUT2D eigenvalue weighted by atomic mass is 32.2. The molecule has 2 aliphatic heterocycles. The predicted octanol–water partition coefficient (Wildman–Crippen LogP) is 2.68. The summed E-state index contributed by atoms with van der Waals surface area (Å²) in [5.41, 5.74) is 2.64. The Kier molecular flexibility index (Phi) is 7.51. The Morgan fingerprint density at radius 3 is 2.42 bits per heavy atom. The molecule has 43 heavy (non-hydrogen) atoms. The number of fused-ring (bicyclic) bond motifs is 2. The van der Waals surface area contributed by atoms with Crippen LogP contribution in [0, 0.1) is 0 Å². The zero-order chi connectivity index (χ0) is 30.1. The lowest BCUT2D eigenvalue weighted by atomic mass is 10.0. The van der Waals surface area contributed by atoms with Gasteiger partial charge in [0.25, 0.3) is 5.91 Å². The minimum atomic E-state index is -4.13. The van der Waals surface area contributed by atoms with Crippen LogP contribution in [0.1, 0.15) is 17.5 Å². The fourth-order valence-electron chi connectivity index (χ4n) is 5.47. The summed E-state index contributed by atoms with van der Waals surface area (Å²) >= 11 is 0. The van der Waals surface area contributed by atoms with Crippen molar-refractivity contribution in [3.8, 4) is 0 Å². The number of carbonyl (C=O) groups excluding carboxylic acids is 3. The number of para-hydroxylation sites is 1. The number of hydrogen-bond acceptors (Lipinski definition) is 6. The maximum Gasteiger partial charge on any atom is 0.272 e. The molecule has 0 bridgehead atoms. The van der Waals surface area contributed by atoms with Crippen LogP contribution in [0.5, 0.6) is 0 Å².